The van der Waals surface area contributed by atoms with Gasteiger partial charge in [0.25, 0.3) is 0 Å². The molecule has 0 saturated heterocycles. The quantitative estimate of drug-likeness (QED) is 0.700. The standard InChI is InChI=1S/C11H11BrF2/c1-11(4-5-11)10(12)7-2-3-8(13)9(14)6-7/h2-3,6,10H,4-5H2,1H3. The minimum Gasteiger partial charge on any atom is -0.204 e. The molecule has 3 heteroatoms. The van der Waals surface area contributed by atoms with Gasteiger partial charge in [-0.1, -0.05) is 28.9 Å². The minimum absolute atomic E-state index is 0.130. The van der Waals surface area contributed by atoms with E-state index in [1.54, 1.807) is 6.07 Å². The molecule has 14 heavy (non-hydrogen) atoms. The molecule has 0 nitrogen and oxygen atoms in total. The molecule has 1 aliphatic carbocycles. The Balaban J connectivity index is 2.28. The lowest BCUT2D eigenvalue weighted by Crippen LogP contribution is -2.04. The summed E-state index contributed by atoms with van der Waals surface area (Å²) >= 11 is 3.54. The number of alkyl halides is 1. The van der Waals surface area contributed by atoms with Crippen molar-refractivity contribution in [2.45, 2.75) is 24.6 Å². The molecule has 0 N–H and O–H groups in total. The molecule has 1 saturated carbocycles. The van der Waals surface area contributed by atoms with Crippen LogP contribution in [-0.2, 0) is 0 Å². The second kappa shape index (κ2) is 3.30. The molecule has 76 valence electrons. The SMILES string of the molecule is CC1(C(Br)c2ccc(F)c(F)c2)CC1. The van der Waals surface area contributed by atoms with Crippen molar-refractivity contribution in [2.24, 2.45) is 5.41 Å². The van der Waals surface area contributed by atoms with E-state index in [-0.39, 0.29) is 10.2 Å². The highest BCUT2D eigenvalue weighted by molar-refractivity contribution is 9.09. The third kappa shape index (κ3) is 1.70. The Morgan fingerprint density at radius 1 is 1.29 bits per heavy atom. The number of hydrogen-bond acceptors (Lipinski definition) is 0. The molecule has 1 aliphatic rings. The van der Waals surface area contributed by atoms with E-state index in [4.69, 9.17) is 0 Å². The van der Waals surface area contributed by atoms with Crippen molar-refractivity contribution in [3.63, 3.8) is 0 Å². The fourth-order valence-corrected chi connectivity index (χ4v) is 2.27. The van der Waals surface area contributed by atoms with Crippen LogP contribution in [-0.4, -0.2) is 0 Å². The highest BCUT2D eigenvalue weighted by Gasteiger charge is 2.44. The summed E-state index contributed by atoms with van der Waals surface area (Å²) in [5.74, 6) is -1.55. The predicted molar refractivity (Wildman–Crippen MR) is 55.4 cm³/mol. The molecule has 1 aromatic rings. The Morgan fingerprint density at radius 3 is 2.43 bits per heavy atom. The summed E-state index contributed by atoms with van der Waals surface area (Å²) in [6, 6.07) is 4.10. The largest absolute Gasteiger partial charge is 0.204 e. The van der Waals surface area contributed by atoms with Gasteiger partial charge in [0.1, 0.15) is 0 Å². The van der Waals surface area contributed by atoms with Gasteiger partial charge in [-0.15, -0.1) is 0 Å². The molecule has 0 heterocycles. The van der Waals surface area contributed by atoms with E-state index < -0.39 is 11.6 Å². The Labute approximate surface area is 90.4 Å². The van der Waals surface area contributed by atoms with Gasteiger partial charge in [0.15, 0.2) is 11.6 Å². The highest BCUT2D eigenvalue weighted by Crippen LogP contribution is 2.58. The van der Waals surface area contributed by atoms with Crippen LogP contribution in [0, 0.1) is 17.0 Å². The molecule has 1 atom stereocenters. The van der Waals surface area contributed by atoms with E-state index in [2.05, 4.69) is 22.9 Å². The van der Waals surface area contributed by atoms with Crippen LogP contribution in [0.15, 0.2) is 18.2 Å². The first-order valence-corrected chi connectivity index (χ1v) is 5.53. The molecule has 0 aromatic heterocycles. The number of rotatable bonds is 2. The summed E-state index contributed by atoms with van der Waals surface area (Å²) < 4.78 is 25.6. The monoisotopic (exact) mass is 260 g/mol. The fourth-order valence-electron chi connectivity index (χ4n) is 1.52. The molecule has 1 fully saturated rings. The Morgan fingerprint density at radius 2 is 1.93 bits per heavy atom. The van der Waals surface area contributed by atoms with E-state index in [0.29, 0.717) is 0 Å². The van der Waals surface area contributed by atoms with Gasteiger partial charge in [0.05, 0.1) is 0 Å². The van der Waals surface area contributed by atoms with E-state index in [9.17, 15) is 8.78 Å². The highest BCUT2D eigenvalue weighted by atomic mass is 79.9. The maximum atomic E-state index is 13.0. The van der Waals surface area contributed by atoms with Gasteiger partial charge in [-0.05, 0) is 36.0 Å². The van der Waals surface area contributed by atoms with Crippen molar-refractivity contribution in [3.8, 4) is 0 Å². The average Bonchev–Trinajstić information content (AvgIpc) is 2.89. The van der Waals surface area contributed by atoms with Gasteiger partial charge < -0.3 is 0 Å². The molecular weight excluding hydrogens is 250 g/mol. The normalized spacial score (nSPS) is 20.6. The van der Waals surface area contributed by atoms with Crippen LogP contribution < -0.4 is 0 Å². The van der Waals surface area contributed by atoms with Crippen LogP contribution in [0.25, 0.3) is 0 Å². The first-order chi connectivity index (χ1) is 6.53. The van der Waals surface area contributed by atoms with Gasteiger partial charge in [0, 0.05) is 4.83 Å². The smallest absolute Gasteiger partial charge is 0.159 e. The van der Waals surface area contributed by atoms with Crippen LogP contribution in [0.5, 0.6) is 0 Å². The Hall–Kier alpha value is -0.440. The summed E-state index contributed by atoms with van der Waals surface area (Å²) in [6.45, 7) is 2.15. The van der Waals surface area contributed by atoms with Crippen molar-refractivity contribution in [2.75, 3.05) is 0 Å². The first kappa shape index (κ1) is 10.1. The van der Waals surface area contributed by atoms with Gasteiger partial charge >= 0.3 is 0 Å². The van der Waals surface area contributed by atoms with Crippen molar-refractivity contribution in [3.05, 3.63) is 35.4 Å². The van der Waals surface area contributed by atoms with Crippen molar-refractivity contribution in [1.82, 2.24) is 0 Å². The Bertz CT molecular complexity index is 358. The lowest BCUT2D eigenvalue weighted by molar-refractivity contribution is 0.501. The molecule has 1 aromatic carbocycles. The lowest BCUT2D eigenvalue weighted by atomic mass is 9.98. The third-order valence-electron chi connectivity index (χ3n) is 2.89. The van der Waals surface area contributed by atoms with Gasteiger partial charge in [0.2, 0.25) is 0 Å². The van der Waals surface area contributed by atoms with Crippen LogP contribution >= 0.6 is 15.9 Å². The van der Waals surface area contributed by atoms with Crippen molar-refractivity contribution in [1.29, 1.82) is 0 Å². The zero-order valence-corrected chi connectivity index (χ0v) is 9.44. The zero-order valence-electron chi connectivity index (χ0n) is 7.86. The summed E-state index contributed by atoms with van der Waals surface area (Å²) in [6.07, 6.45) is 2.28. The molecular formula is C11H11BrF2. The summed E-state index contributed by atoms with van der Waals surface area (Å²) in [5, 5.41) is 0. The van der Waals surface area contributed by atoms with Gasteiger partial charge in [-0.3, -0.25) is 0 Å². The number of halogens is 3. The zero-order chi connectivity index (χ0) is 10.3. The van der Waals surface area contributed by atoms with Crippen molar-refractivity contribution < 1.29 is 8.78 Å². The molecule has 0 aliphatic heterocycles. The van der Waals surface area contributed by atoms with E-state index in [1.165, 1.54) is 12.1 Å². The van der Waals surface area contributed by atoms with Crippen LogP contribution in [0.4, 0.5) is 8.78 Å². The average molecular weight is 261 g/mol. The van der Waals surface area contributed by atoms with E-state index in [1.807, 2.05) is 0 Å². The number of benzene rings is 1. The molecule has 0 amide bonds. The van der Waals surface area contributed by atoms with Gasteiger partial charge in [-0.2, -0.15) is 0 Å². The summed E-state index contributed by atoms with van der Waals surface area (Å²) in [7, 11) is 0. The third-order valence-corrected chi connectivity index (χ3v) is 4.52. The van der Waals surface area contributed by atoms with Gasteiger partial charge in [-0.25, -0.2) is 8.78 Å². The summed E-state index contributed by atoms with van der Waals surface area (Å²) in [5.41, 5.74) is 1.05. The van der Waals surface area contributed by atoms with E-state index in [0.717, 1.165) is 18.4 Å². The second-order valence-corrected chi connectivity index (χ2v) is 5.11. The lowest BCUT2D eigenvalue weighted by Gasteiger charge is -2.17. The van der Waals surface area contributed by atoms with Crippen LogP contribution in [0.2, 0.25) is 0 Å². The predicted octanol–water partition coefficient (Wildman–Crippen LogP) is 4.20. The minimum atomic E-state index is -0.783. The fraction of sp³-hybridized carbons (Fsp3) is 0.455. The van der Waals surface area contributed by atoms with E-state index >= 15 is 0 Å². The van der Waals surface area contributed by atoms with Crippen LogP contribution in [0.3, 0.4) is 0 Å². The molecule has 0 spiro atoms. The Kier molecular flexibility index (Phi) is 2.38. The molecule has 0 bridgehead atoms. The molecule has 0 radical (unpaired) electrons. The topological polar surface area (TPSA) is 0 Å². The van der Waals surface area contributed by atoms with Crippen molar-refractivity contribution >= 4 is 15.9 Å². The maximum Gasteiger partial charge on any atom is 0.159 e. The first-order valence-electron chi connectivity index (χ1n) is 4.62. The molecule has 1 unspecified atom stereocenters. The molecule has 2 rings (SSSR count). The number of hydrogen-bond donors (Lipinski definition) is 0. The maximum absolute atomic E-state index is 13.0. The second-order valence-electron chi connectivity index (χ2n) is 4.19. The summed E-state index contributed by atoms with van der Waals surface area (Å²) in [4.78, 5) is 0.130. The van der Waals surface area contributed by atoms with Crippen LogP contribution in [0.1, 0.15) is 30.2 Å².